The van der Waals surface area contributed by atoms with Crippen LogP contribution in [0.15, 0.2) is 33.6 Å². The summed E-state index contributed by atoms with van der Waals surface area (Å²) in [6.45, 7) is 7.58. The van der Waals surface area contributed by atoms with Gasteiger partial charge in [0.25, 0.3) is 10.0 Å². The highest BCUT2D eigenvalue weighted by Gasteiger charge is 2.23. The lowest BCUT2D eigenvalue weighted by Gasteiger charge is -2.15. The molecule has 2 aromatic carbocycles. The summed E-state index contributed by atoms with van der Waals surface area (Å²) >= 11 is 0. The minimum absolute atomic E-state index is 0.363. The van der Waals surface area contributed by atoms with Crippen LogP contribution in [0, 0.1) is 27.7 Å². The van der Waals surface area contributed by atoms with Gasteiger partial charge in [-0.3, -0.25) is 4.72 Å². The zero-order chi connectivity index (χ0) is 19.3. The number of sulfonamides is 1. The highest BCUT2D eigenvalue weighted by atomic mass is 32.2. The molecule has 1 heterocycles. The SMILES string of the molecule is Cc1cc(C)c(S(=O)(=O)Nc2cc3c4c(oc3cc2C)CCCC4)c(C)c1. The zero-order valence-electron chi connectivity index (χ0n) is 16.3. The Morgan fingerprint density at radius 1 is 0.889 bits per heavy atom. The maximum Gasteiger partial charge on any atom is 0.262 e. The number of anilines is 1. The number of furan rings is 1. The van der Waals surface area contributed by atoms with Crippen LogP contribution in [0.25, 0.3) is 11.0 Å². The largest absolute Gasteiger partial charge is 0.461 e. The highest BCUT2D eigenvalue weighted by molar-refractivity contribution is 7.92. The molecule has 142 valence electrons. The van der Waals surface area contributed by atoms with E-state index in [2.05, 4.69) is 4.72 Å². The van der Waals surface area contributed by atoms with Crippen LogP contribution in [-0.4, -0.2) is 8.42 Å². The van der Waals surface area contributed by atoms with Gasteiger partial charge >= 0.3 is 0 Å². The van der Waals surface area contributed by atoms with Gasteiger partial charge in [0.05, 0.1) is 10.6 Å². The molecule has 1 aliphatic carbocycles. The fourth-order valence-corrected chi connectivity index (χ4v) is 5.88. The average molecular weight is 384 g/mol. The molecule has 27 heavy (non-hydrogen) atoms. The van der Waals surface area contributed by atoms with Gasteiger partial charge in [-0.1, -0.05) is 17.7 Å². The first-order valence-electron chi connectivity index (χ1n) is 9.42. The van der Waals surface area contributed by atoms with Crippen molar-refractivity contribution in [1.82, 2.24) is 0 Å². The second kappa shape index (κ2) is 6.41. The second-order valence-corrected chi connectivity index (χ2v) is 9.33. The van der Waals surface area contributed by atoms with Crippen molar-refractivity contribution in [2.45, 2.75) is 58.3 Å². The Balaban J connectivity index is 1.80. The molecule has 4 rings (SSSR count). The summed E-state index contributed by atoms with van der Waals surface area (Å²) in [6, 6.07) is 7.70. The van der Waals surface area contributed by atoms with E-state index in [1.54, 1.807) is 0 Å². The standard InChI is InChI=1S/C22H25NO3S/c1-13-9-15(3)22(16(4)10-13)27(24,25)23-19-12-18-17-7-5-6-8-20(17)26-21(18)11-14(19)2/h9-12,23H,5-8H2,1-4H3. The van der Waals surface area contributed by atoms with Gasteiger partial charge in [-0.2, -0.15) is 0 Å². The molecule has 5 heteroatoms. The van der Waals surface area contributed by atoms with E-state index in [1.807, 2.05) is 52.0 Å². The van der Waals surface area contributed by atoms with Crippen molar-refractivity contribution in [3.63, 3.8) is 0 Å². The smallest absolute Gasteiger partial charge is 0.262 e. The van der Waals surface area contributed by atoms with Gasteiger partial charge in [-0.15, -0.1) is 0 Å². The number of hydrogen-bond donors (Lipinski definition) is 1. The van der Waals surface area contributed by atoms with E-state index in [0.29, 0.717) is 10.6 Å². The molecule has 0 saturated heterocycles. The van der Waals surface area contributed by atoms with E-state index in [9.17, 15) is 8.42 Å². The molecule has 4 nitrogen and oxygen atoms in total. The first-order chi connectivity index (χ1) is 12.8. The van der Waals surface area contributed by atoms with E-state index < -0.39 is 10.0 Å². The van der Waals surface area contributed by atoms with Crippen molar-refractivity contribution in [1.29, 1.82) is 0 Å². The Morgan fingerprint density at radius 3 is 2.26 bits per heavy atom. The molecule has 0 spiro atoms. The van der Waals surface area contributed by atoms with Gasteiger partial charge in [-0.05, 0) is 75.8 Å². The van der Waals surface area contributed by atoms with Gasteiger partial charge < -0.3 is 4.42 Å². The Hall–Kier alpha value is -2.27. The molecule has 1 aromatic heterocycles. The summed E-state index contributed by atoms with van der Waals surface area (Å²) in [5.41, 5.74) is 6.16. The van der Waals surface area contributed by atoms with Crippen LogP contribution in [0.2, 0.25) is 0 Å². The van der Waals surface area contributed by atoms with Crippen molar-refractivity contribution in [3.8, 4) is 0 Å². The molecule has 0 amide bonds. The summed E-state index contributed by atoms with van der Waals surface area (Å²) in [4.78, 5) is 0.363. The lowest BCUT2D eigenvalue weighted by Crippen LogP contribution is -2.16. The van der Waals surface area contributed by atoms with Crippen LogP contribution in [-0.2, 0) is 22.9 Å². The minimum Gasteiger partial charge on any atom is -0.461 e. The number of nitrogens with one attached hydrogen (secondary N) is 1. The number of fused-ring (bicyclic) bond motifs is 3. The monoisotopic (exact) mass is 383 g/mol. The summed E-state index contributed by atoms with van der Waals surface area (Å²) < 4.78 is 35.1. The fourth-order valence-electron chi connectivity index (χ4n) is 4.31. The van der Waals surface area contributed by atoms with Crippen LogP contribution in [0.5, 0.6) is 0 Å². The molecule has 0 atom stereocenters. The quantitative estimate of drug-likeness (QED) is 0.663. The van der Waals surface area contributed by atoms with E-state index in [0.717, 1.165) is 64.7 Å². The molecule has 0 radical (unpaired) electrons. The van der Waals surface area contributed by atoms with Crippen LogP contribution in [0.4, 0.5) is 5.69 Å². The van der Waals surface area contributed by atoms with Crippen LogP contribution in [0.1, 0.15) is 46.4 Å². The van der Waals surface area contributed by atoms with E-state index in [1.165, 1.54) is 5.56 Å². The van der Waals surface area contributed by atoms with Crippen molar-refractivity contribution < 1.29 is 12.8 Å². The van der Waals surface area contributed by atoms with Gasteiger partial charge in [0.1, 0.15) is 11.3 Å². The van der Waals surface area contributed by atoms with Crippen LogP contribution >= 0.6 is 0 Å². The lowest BCUT2D eigenvalue weighted by molar-refractivity contribution is 0.506. The summed E-state index contributed by atoms with van der Waals surface area (Å²) in [7, 11) is -3.67. The lowest BCUT2D eigenvalue weighted by atomic mass is 9.95. The van der Waals surface area contributed by atoms with Crippen molar-refractivity contribution in [3.05, 3.63) is 57.8 Å². The van der Waals surface area contributed by atoms with E-state index in [4.69, 9.17) is 4.42 Å². The molecular weight excluding hydrogens is 358 g/mol. The highest BCUT2D eigenvalue weighted by Crippen LogP contribution is 2.36. The van der Waals surface area contributed by atoms with Gasteiger partial charge in [-0.25, -0.2) is 8.42 Å². The molecular formula is C22H25NO3S. The Morgan fingerprint density at radius 2 is 1.56 bits per heavy atom. The maximum absolute atomic E-state index is 13.1. The number of aryl methyl sites for hydroxylation is 6. The molecule has 0 fully saturated rings. The molecule has 0 unspecified atom stereocenters. The molecule has 3 aromatic rings. The molecule has 1 N–H and O–H groups in total. The van der Waals surface area contributed by atoms with Gasteiger partial charge in [0.15, 0.2) is 0 Å². The number of hydrogen-bond acceptors (Lipinski definition) is 3. The molecule has 0 saturated carbocycles. The second-order valence-electron chi connectivity index (χ2n) is 7.71. The van der Waals surface area contributed by atoms with Crippen LogP contribution in [0.3, 0.4) is 0 Å². The minimum atomic E-state index is -3.67. The predicted molar refractivity (Wildman–Crippen MR) is 109 cm³/mol. The third-order valence-corrected chi connectivity index (χ3v) is 7.09. The third-order valence-electron chi connectivity index (χ3n) is 5.42. The normalized spacial score (nSPS) is 14.4. The van der Waals surface area contributed by atoms with Gasteiger partial charge in [0.2, 0.25) is 0 Å². The molecule has 0 aliphatic heterocycles. The first-order valence-corrected chi connectivity index (χ1v) is 10.9. The van der Waals surface area contributed by atoms with Crippen molar-refractivity contribution in [2.24, 2.45) is 0 Å². The van der Waals surface area contributed by atoms with E-state index >= 15 is 0 Å². The van der Waals surface area contributed by atoms with Gasteiger partial charge in [0, 0.05) is 17.4 Å². The maximum atomic E-state index is 13.1. The molecule has 1 aliphatic rings. The zero-order valence-corrected chi connectivity index (χ0v) is 17.1. The topological polar surface area (TPSA) is 59.3 Å². The van der Waals surface area contributed by atoms with E-state index in [-0.39, 0.29) is 0 Å². The predicted octanol–water partition coefficient (Wildman–Crippen LogP) is 5.35. The summed E-state index contributed by atoms with van der Waals surface area (Å²) in [6.07, 6.45) is 4.26. The van der Waals surface area contributed by atoms with Crippen molar-refractivity contribution >= 4 is 26.7 Å². The summed E-state index contributed by atoms with van der Waals surface area (Å²) in [5.74, 6) is 1.06. The van der Waals surface area contributed by atoms with Crippen molar-refractivity contribution in [2.75, 3.05) is 4.72 Å². The Labute approximate surface area is 160 Å². The number of rotatable bonds is 3. The molecule has 0 bridgehead atoms. The van der Waals surface area contributed by atoms with Crippen LogP contribution < -0.4 is 4.72 Å². The number of benzene rings is 2. The Kier molecular flexibility index (Phi) is 4.30. The third kappa shape index (κ3) is 3.14. The average Bonchev–Trinajstić information content (AvgIpc) is 2.91. The first kappa shape index (κ1) is 18.1. The summed E-state index contributed by atoms with van der Waals surface area (Å²) in [5, 5.41) is 1.03. The fraction of sp³-hybridized carbons (Fsp3) is 0.364. The Bertz CT molecular complexity index is 1130.